The summed E-state index contributed by atoms with van der Waals surface area (Å²) in [5, 5.41) is 17.0. The minimum absolute atomic E-state index is 0.0456. The summed E-state index contributed by atoms with van der Waals surface area (Å²) in [6.07, 6.45) is 1.77. The molecule has 0 aromatic carbocycles. The lowest BCUT2D eigenvalue weighted by atomic mass is 10.3. The molecular formula is C9H11BrN6. The SMILES string of the molecule is CC(NCc1ccc(Br)cn1)c1nn[nH]n1. The van der Waals surface area contributed by atoms with E-state index < -0.39 is 0 Å². The third-order valence-corrected chi connectivity index (χ3v) is 2.60. The number of rotatable bonds is 4. The first kappa shape index (κ1) is 11.2. The molecule has 0 bridgehead atoms. The maximum absolute atomic E-state index is 4.26. The molecule has 84 valence electrons. The van der Waals surface area contributed by atoms with Crippen molar-refractivity contribution in [2.24, 2.45) is 0 Å². The molecule has 0 saturated heterocycles. The van der Waals surface area contributed by atoms with Crippen LogP contribution < -0.4 is 5.32 Å². The summed E-state index contributed by atoms with van der Waals surface area (Å²) in [6.45, 7) is 2.65. The number of hydrogen-bond acceptors (Lipinski definition) is 5. The van der Waals surface area contributed by atoms with Crippen molar-refractivity contribution in [3.63, 3.8) is 0 Å². The van der Waals surface area contributed by atoms with Gasteiger partial charge in [-0.1, -0.05) is 5.21 Å². The van der Waals surface area contributed by atoms with Gasteiger partial charge in [0.25, 0.3) is 0 Å². The van der Waals surface area contributed by atoms with E-state index in [0.29, 0.717) is 12.4 Å². The highest BCUT2D eigenvalue weighted by Gasteiger charge is 2.09. The van der Waals surface area contributed by atoms with Crippen LogP contribution in [-0.4, -0.2) is 25.6 Å². The van der Waals surface area contributed by atoms with Crippen molar-refractivity contribution in [1.82, 2.24) is 30.9 Å². The summed E-state index contributed by atoms with van der Waals surface area (Å²) in [5.74, 6) is 0.650. The van der Waals surface area contributed by atoms with Gasteiger partial charge in [0.2, 0.25) is 0 Å². The molecule has 2 N–H and O–H groups in total. The first-order valence-corrected chi connectivity index (χ1v) is 5.62. The van der Waals surface area contributed by atoms with Gasteiger partial charge in [0, 0.05) is 17.2 Å². The average Bonchev–Trinajstić information content (AvgIpc) is 2.81. The Balaban J connectivity index is 1.90. The summed E-state index contributed by atoms with van der Waals surface area (Å²) >= 11 is 3.34. The molecule has 2 rings (SSSR count). The van der Waals surface area contributed by atoms with Gasteiger partial charge in [-0.3, -0.25) is 4.98 Å². The van der Waals surface area contributed by atoms with E-state index in [1.807, 2.05) is 19.1 Å². The third-order valence-electron chi connectivity index (χ3n) is 2.13. The Labute approximate surface area is 101 Å². The van der Waals surface area contributed by atoms with E-state index in [1.54, 1.807) is 6.20 Å². The fraction of sp³-hybridized carbons (Fsp3) is 0.333. The van der Waals surface area contributed by atoms with Crippen LogP contribution in [0.25, 0.3) is 0 Å². The van der Waals surface area contributed by atoms with E-state index in [1.165, 1.54) is 0 Å². The molecule has 0 spiro atoms. The number of pyridine rings is 1. The van der Waals surface area contributed by atoms with E-state index >= 15 is 0 Å². The lowest BCUT2D eigenvalue weighted by molar-refractivity contribution is 0.541. The number of nitrogens with one attached hydrogen (secondary N) is 2. The molecule has 0 radical (unpaired) electrons. The second kappa shape index (κ2) is 5.13. The van der Waals surface area contributed by atoms with Crippen molar-refractivity contribution >= 4 is 15.9 Å². The van der Waals surface area contributed by atoms with Crippen LogP contribution >= 0.6 is 15.9 Å². The number of H-pyrrole nitrogens is 1. The smallest absolute Gasteiger partial charge is 0.191 e. The quantitative estimate of drug-likeness (QED) is 0.881. The Morgan fingerprint density at radius 2 is 2.38 bits per heavy atom. The standard InChI is InChI=1S/C9H11BrN6/c1-6(9-13-15-16-14-9)11-5-8-3-2-7(10)4-12-8/h2-4,6,11H,5H2,1H3,(H,13,14,15,16). The molecule has 2 heterocycles. The number of halogens is 1. The Morgan fingerprint density at radius 3 is 3.00 bits per heavy atom. The van der Waals surface area contributed by atoms with E-state index in [9.17, 15) is 0 Å². The second-order valence-corrected chi connectivity index (χ2v) is 4.26. The molecule has 0 aliphatic heterocycles. The monoisotopic (exact) mass is 282 g/mol. The van der Waals surface area contributed by atoms with E-state index in [4.69, 9.17) is 0 Å². The first-order chi connectivity index (χ1) is 7.75. The van der Waals surface area contributed by atoms with Crippen molar-refractivity contribution in [2.45, 2.75) is 19.5 Å². The topological polar surface area (TPSA) is 79.4 Å². The molecule has 2 aromatic rings. The van der Waals surface area contributed by atoms with Gasteiger partial charge in [-0.2, -0.15) is 5.21 Å². The van der Waals surface area contributed by atoms with Crippen LogP contribution in [0.2, 0.25) is 0 Å². The lowest BCUT2D eigenvalue weighted by Crippen LogP contribution is -2.19. The van der Waals surface area contributed by atoms with Crippen LogP contribution in [0.4, 0.5) is 0 Å². The summed E-state index contributed by atoms with van der Waals surface area (Å²) in [5.41, 5.74) is 0.971. The minimum atomic E-state index is 0.0456. The van der Waals surface area contributed by atoms with Crippen LogP contribution in [-0.2, 0) is 6.54 Å². The summed E-state index contributed by atoms with van der Waals surface area (Å²) < 4.78 is 0.975. The molecule has 6 nitrogen and oxygen atoms in total. The van der Waals surface area contributed by atoms with E-state index in [2.05, 4.69) is 46.9 Å². The van der Waals surface area contributed by atoms with Gasteiger partial charge in [-0.25, -0.2) is 0 Å². The van der Waals surface area contributed by atoms with Gasteiger partial charge in [0.15, 0.2) is 5.82 Å². The molecule has 16 heavy (non-hydrogen) atoms. The van der Waals surface area contributed by atoms with Gasteiger partial charge in [-0.05, 0) is 35.0 Å². The lowest BCUT2D eigenvalue weighted by Gasteiger charge is -2.08. The predicted octanol–water partition coefficient (Wildman–Crippen LogP) is 1.21. The number of tetrazole rings is 1. The maximum atomic E-state index is 4.26. The zero-order valence-electron chi connectivity index (χ0n) is 8.68. The molecular weight excluding hydrogens is 272 g/mol. The number of nitrogens with zero attached hydrogens (tertiary/aromatic N) is 4. The van der Waals surface area contributed by atoms with Gasteiger partial charge >= 0.3 is 0 Å². The maximum Gasteiger partial charge on any atom is 0.191 e. The van der Waals surface area contributed by atoms with Crippen LogP contribution in [0.3, 0.4) is 0 Å². The highest BCUT2D eigenvalue weighted by atomic mass is 79.9. The van der Waals surface area contributed by atoms with E-state index in [-0.39, 0.29) is 6.04 Å². The van der Waals surface area contributed by atoms with Crippen molar-refractivity contribution in [1.29, 1.82) is 0 Å². The molecule has 1 atom stereocenters. The highest BCUT2D eigenvalue weighted by molar-refractivity contribution is 9.10. The Kier molecular flexibility index (Phi) is 3.58. The molecule has 0 aliphatic carbocycles. The Hall–Kier alpha value is -1.34. The van der Waals surface area contributed by atoms with Gasteiger partial charge < -0.3 is 5.32 Å². The Bertz CT molecular complexity index is 426. The molecule has 7 heteroatoms. The predicted molar refractivity (Wildman–Crippen MR) is 61.4 cm³/mol. The third kappa shape index (κ3) is 2.83. The summed E-state index contributed by atoms with van der Waals surface area (Å²) in [6, 6.07) is 3.97. The average molecular weight is 283 g/mol. The molecule has 0 saturated carbocycles. The molecule has 0 aliphatic rings. The first-order valence-electron chi connectivity index (χ1n) is 4.83. The van der Waals surface area contributed by atoms with Crippen LogP contribution in [0, 0.1) is 0 Å². The second-order valence-electron chi connectivity index (χ2n) is 3.34. The largest absolute Gasteiger partial charge is 0.302 e. The summed E-state index contributed by atoms with van der Waals surface area (Å²) in [7, 11) is 0. The van der Waals surface area contributed by atoms with Crippen molar-refractivity contribution in [3.05, 3.63) is 34.3 Å². The number of hydrogen-bond donors (Lipinski definition) is 2. The highest BCUT2D eigenvalue weighted by Crippen LogP contribution is 2.09. The fourth-order valence-electron chi connectivity index (χ4n) is 1.21. The van der Waals surface area contributed by atoms with Crippen LogP contribution in [0.15, 0.2) is 22.8 Å². The van der Waals surface area contributed by atoms with E-state index in [0.717, 1.165) is 10.2 Å². The van der Waals surface area contributed by atoms with Gasteiger partial charge in [0.05, 0.1) is 11.7 Å². The van der Waals surface area contributed by atoms with Gasteiger partial charge in [-0.15, -0.1) is 10.2 Å². The molecule has 0 fully saturated rings. The Morgan fingerprint density at radius 1 is 1.50 bits per heavy atom. The van der Waals surface area contributed by atoms with Crippen molar-refractivity contribution in [2.75, 3.05) is 0 Å². The van der Waals surface area contributed by atoms with Crippen molar-refractivity contribution in [3.8, 4) is 0 Å². The molecule has 1 unspecified atom stereocenters. The number of aromatic nitrogens is 5. The summed E-state index contributed by atoms with van der Waals surface area (Å²) in [4.78, 5) is 4.26. The van der Waals surface area contributed by atoms with Crippen LogP contribution in [0.1, 0.15) is 24.5 Å². The minimum Gasteiger partial charge on any atom is -0.302 e. The fourth-order valence-corrected chi connectivity index (χ4v) is 1.45. The zero-order valence-corrected chi connectivity index (χ0v) is 10.3. The normalized spacial score (nSPS) is 12.6. The zero-order chi connectivity index (χ0) is 11.4. The van der Waals surface area contributed by atoms with Crippen molar-refractivity contribution < 1.29 is 0 Å². The number of aromatic amines is 1. The van der Waals surface area contributed by atoms with Gasteiger partial charge in [0.1, 0.15) is 0 Å². The molecule has 0 amide bonds. The van der Waals surface area contributed by atoms with Crippen LogP contribution in [0.5, 0.6) is 0 Å². The molecule has 2 aromatic heterocycles.